The molecule has 0 unspecified atom stereocenters. The van der Waals surface area contributed by atoms with Gasteiger partial charge in [-0.2, -0.15) is 0 Å². The van der Waals surface area contributed by atoms with Crippen molar-refractivity contribution in [2.24, 2.45) is 0 Å². The van der Waals surface area contributed by atoms with Crippen LogP contribution in [-0.2, 0) is 5.41 Å². The van der Waals surface area contributed by atoms with E-state index in [1.807, 2.05) is 30.3 Å². The zero-order valence-electron chi connectivity index (χ0n) is 16.4. The quantitative estimate of drug-likeness (QED) is 0.356. The molecule has 0 bridgehead atoms. The van der Waals surface area contributed by atoms with Crippen LogP contribution in [0.2, 0.25) is 0 Å². The fourth-order valence-electron chi connectivity index (χ4n) is 3.18. The average Bonchev–Trinajstić information content (AvgIpc) is 2.69. The second kappa shape index (κ2) is 8.15. The lowest BCUT2D eigenvalue weighted by molar-refractivity contribution is 0.473. The van der Waals surface area contributed by atoms with Crippen LogP contribution in [0.3, 0.4) is 0 Å². The maximum absolute atomic E-state index is 9.38. The molecule has 0 heterocycles. The number of phenols is 4. The average molecular weight is 388 g/mol. The molecule has 4 heteroatoms. The lowest BCUT2D eigenvalue weighted by atomic mass is 9.78. The van der Waals surface area contributed by atoms with Crippen LogP contribution < -0.4 is 0 Å². The number of phenolic OH excluding ortho intramolecular Hbond substituents is 4. The van der Waals surface area contributed by atoms with Crippen LogP contribution in [0.25, 0.3) is 10.8 Å². The summed E-state index contributed by atoms with van der Waals surface area (Å²) in [7, 11) is 0. The summed E-state index contributed by atoms with van der Waals surface area (Å²) in [6.45, 7) is 4.23. The molecule has 4 aromatic rings. The summed E-state index contributed by atoms with van der Waals surface area (Å²) in [6.07, 6.45) is 0. The Bertz CT molecular complexity index is 1050. The number of aromatic hydroxyl groups is 4. The van der Waals surface area contributed by atoms with E-state index in [2.05, 4.69) is 13.8 Å². The molecule has 0 aliphatic heterocycles. The summed E-state index contributed by atoms with van der Waals surface area (Å²) in [6, 6.07) is 24.5. The highest BCUT2D eigenvalue weighted by Crippen LogP contribution is 2.33. The Morgan fingerprint density at radius 2 is 1.03 bits per heavy atom. The van der Waals surface area contributed by atoms with Crippen molar-refractivity contribution in [2.45, 2.75) is 19.3 Å². The van der Waals surface area contributed by atoms with Crippen molar-refractivity contribution in [3.8, 4) is 23.0 Å². The van der Waals surface area contributed by atoms with E-state index in [0.29, 0.717) is 0 Å². The third-order valence-corrected chi connectivity index (χ3v) is 5.02. The molecule has 4 N–H and O–H groups in total. The highest BCUT2D eigenvalue weighted by atomic mass is 16.3. The summed E-state index contributed by atoms with van der Waals surface area (Å²) in [4.78, 5) is 0. The third kappa shape index (κ3) is 4.61. The molecule has 4 nitrogen and oxygen atoms in total. The van der Waals surface area contributed by atoms with Gasteiger partial charge in [0.2, 0.25) is 0 Å². The number of benzene rings is 4. The first-order valence-electron chi connectivity index (χ1n) is 9.27. The molecule has 0 saturated heterocycles. The molecular formula is C25H24O4. The normalized spacial score (nSPS) is 11.0. The van der Waals surface area contributed by atoms with Crippen molar-refractivity contribution in [3.05, 3.63) is 96.1 Å². The van der Waals surface area contributed by atoms with Crippen LogP contribution in [0.1, 0.15) is 25.0 Å². The Labute approximate surface area is 170 Å². The van der Waals surface area contributed by atoms with E-state index in [-0.39, 0.29) is 28.4 Å². The van der Waals surface area contributed by atoms with Gasteiger partial charge in [-0.3, -0.25) is 0 Å². The Balaban J connectivity index is 0.000000176. The van der Waals surface area contributed by atoms with Gasteiger partial charge in [-0.15, -0.1) is 0 Å². The molecule has 0 aromatic heterocycles. The van der Waals surface area contributed by atoms with Crippen molar-refractivity contribution in [2.75, 3.05) is 0 Å². The van der Waals surface area contributed by atoms with Crippen LogP contribution in [-0.4, -0.2) is 20.4 Å². The molecule has 148 valence electrons. The highest BCUT2D eigenvalue weighted by molar-refractivity contribution is 5.88. The van der Waals surface area contributed by atoms with Gasteiger partial charge in [0, 0.05) is 10.8 Å². The lowest BCUT2D eigenvalue weighted by Crippen LogP contribution is -2.18. The summed E-state index contributed by atoms with van der Waals surface area (Å²) < 4.78 is 0. The fraction of sp³-hybridized carbons (Fsp3) is 0.120. The zero-order chi connectivity index (χ0) is 21.0. The SMILES string of the molecule is CC(C)(c1ccc(O)cc1)c1ccc(O)cc1.Oc1ccc2c(O)cccc2c1. The second-order valence-corrected chi connectivity index (χ2v) is 7.40. The van der Waals surface area contributed by atoms with Crippen LogP contribution in [0.15, 0.2) is 84.9 Å². The predicted molar refractivity (Wildman–Crippen MR) is 116 cm³/mol. The van der Waals surface area contributed by atoms with Crippen LogP contribution in [0.4, 0.5) is 0 Å². The Kier molecular flexibility index (Phi) is 5.64. The van der Waals surface area contributed by atoms with Gasteiger partial charge in [0.25, 0.3) is 0 Å². The van der Waals surface area contributed by atoms with E-state index in [0.717, 1.165) is 21.9 Å². The van der Waals surface area contributed by atoms with Crippen LogP contribution >= 0.6 is 0 Å². The molecule has 4 rings (SSSR count). The highest BCUT2D eigenvalue weighted by Gasteiger charge is 2.22. The van der Waals surface area contributed by atoms with E-state index in [1.165, 1.54) is 0 Å². The fourth-order valence-corrected chi connectivity index (χ4v) is 3.18. The standard InChI is InChI=1S/C15H16O2.C10H8O2/c1-15(2,11-3-7-13(16)8-4-11)12-5-9-14(17)10-6-12;11-8-4-5-9-7(6-8)2-1-3-10(9)12/h3-10,16-17H,1-2H3;1-6,11-12H. The van der Waals surface area contributed by atoms with Crippen molar-refractivity contribution < 1.29 is 20.4 Å². The van der Waals surface area contributed by atoms with Crippen molar-refractivity contribution in [1.29, 1.82) is 0 Å². The lowest BCUT2D eigenvalue weighted by Gasteiger charge is -2.26. The van der Waals surface area contributed by atoms with Gasteiger partial charge < -0.3 is 20.4 Å². The van der Waals surface area contributed by atoms with Crippen molar-refractivity contribution in [3.63, 3.8) is 0 Å². The Morgan fingerprint density at radius 3 is 1.55 bits per heavy atom. The minimum atomic E-state index is -0.151. The zero-order valence-corrected chi connectivity index (χ0v) is 16.4. The Morgan fingerprint density at radius 1 is 0.552 bits per heavy atom. The van der Waals surface area contributed by atoms with Crippen molar-refractivity contribution >= 4 is 10.8 Å². The molecule has 0 aliphatic carbocycles. The number of fused-ring (bicyclic) bond motifs is 1. The molecule has 0 fully saturated rings. The van der Waals surface area contributed by atoms with E-state index in [9.17, 15) is 15.3 Å². The van der Waals surface area contributed by atoms with Gasteiger partial charge in [-0.05, 0) is 65.0 Å². The maximum Gasteiger partial charge on any atom is 0.123 e. The molecule has 0 saturated carbocycles. The third-order valence-electron chi connectivity index (χ3n) is 5.02. The summed E-state index contributed by atoms with van der Waals surface area (Å²) in [5.74, 6) is 1.01. The number of hydrogen-bond donors (Lipinski definition) is 4. The molecular weight excluding hydrogens is 364 g/mol. The van der Waals surface area contributed by atoms with Crippen LogP contribution in [0.5, 0.6) is 23.0 Å². The smallest absolute Gasteiger partial charge is 0.123 e. The van der Waals surface area contributed by atoms with Crippen molar-refractivity contribution in [1.82, 2.24) is 0 Å². The molecule has 0 amide bonds. The monoisotopic (exact) mass is 388 g/mol. The summed E-state index contributed by atoms with van der Waals surface area (Å²) in [5, 5.41) is 38.7. The first-order valence-corrected chi connectivity index (χ1v) is 9.27. The topological polar surface area (TPSA) is 80.9 Å². The molecule has 0 spiro atoms. The first-order chi connectivity index (χ1) is 13.8. The Hall–Kier alpha value is -3.66. The van der Waals surface area contributed by atoms with E-state index >= 15 is 0 Å². The van der Waals surface area contributed by atoms with E-state index < -0.39 is 0 Å². The second-order valence-electron chi connectivity index (χ2n) is 7.40. The summed E-state index contributed by atoms with van der Waals surface area (Å²) in [5.41, 5.74) is 2.10. The van der Waals surface area contributed by atoms with E-state index in [1.54, 1.807) is 54.6 Å². The number of rotatable bonds is 2. The summed E-state index contributed by atoms with van der Waals surface area (Å²) >= 11 is 0. The minimum absolute atomic E-state index is 0.151. The predicted octanol–water partition coefficient (Wildman–Crippen LogP) is 5.67. The van der Waals surface area contributed by atoms with Gasteiger partial charge in [0.15, 0.2) is 0 Å². The van der Waals surface area contributed by atoms with Gasteiger partial charge >= 0.3 is 0 Å². The van der Waals surface area contributed by atoms with Gasteiger partial charge in [0.1, 0.15) is 23.0 Å². The molecule has 0 aliphatic rings. The molecule has 4 aromatic carbocycles. The van der Waals surface area contributed by atoms with Gasteiger partial charge in [-0.25, -0.2) is 0 Å². The maximum atomic E-state index is 9.38. The van der Waals surface area contributed by atoms with Gasteiger partial charge in [0.05, 0.1) is 0 Å². The molecule has 29 heavy (non-hydrogen) atoms. The van der Waals surface area contributed by atoms with Crippen LogP contribution in [0, 0.1) is 0 Å². The minimum Gasteiger partial charge on any atom is -0.508 e. The van der Waals surface area contributed by atoms with Gasteiger partial charge in [-0.1, -0.05) is 50.2 Å². The first kappa shape index (κ1) is 20.1. The molecule has 0 radical (unpaired) electrons. The number of hydrogen-bond acceptors (Lipinski definition) is 4. The largest absolute Gasteiger partial charge is 0.508 e. The molecule has 0 atom stereocenters. The van der Waals surface area contributed by atoms with E-state index in [4.69, 9.17) is 5.11 Å².